The Bertz CT molecular complexity index is 305. The van der Waals surface area contributed by atoms with E-state index in [0.29, 0.717) is 11.7 Å². The predicted octanol–water partition coefficient (Wildman–Crippen LogP) is 3.84. The van der Waals surface area contributed by atoms with Gasteiger partial charge in [0, 0.05) is 0 Å². The van der Waals surface area contributed by atoms with Gasteiger partial charge in [-0.2, -0.15) is 0 Å². The van der Waals surface area contributed by atoms with Crippen LogP contribution < -0.4 is 0 Å². The molecule has 1 rings (SSSR count). The SMILES string of the molecule is CCc1ccc(C(C)C)c(Br)c1O. The minimum Gasteiger partial charge on any atom is -0.506 e. The monoisotopic (exact) mass is 242 g/mol. The van der Waals surface area contributed by atoms with E-state index in [0.717, 1.165) is 22.0 Å². The lowest BCUT2D eigenvalue weighted by Gasteiger charge is -2.12. The predicted molar refractivity (Wildman–Crippen MR) is 59.3 cm³/mol. The van der Waals surface area contributed by atoms with Gasteiger partial charge in [-0.3, -0.25) is 0 Å². The molecule has 0 bridgehead atoms. The first kappa shape index (κ1) is 10.6. The van der Waals surface area contributed by atoms with E-state index in [-0.39, 0.29) is 0 Å². The topological polar surface area (TPSA) is 20.2 Å². The number of hydrogen-bond acceptors (Lipinski definition) is 1. The molecule has 0 saturated carbocycles. The largest absolute Gasteiger partial charge is 0.506 e. The molecule has 0 saturated heterocycles. The van der Waals surface area contributed by atoms with Gasteiger partial charge in [0.1, 0.15) is 5.75 Å². The van der Waals surface area contributed by atoms with E-state index in [9.17, 15) is 5.11 Å². The number of phenolic OH excluding ortho intramolecular Hbond substituents is 1. The molecule has 0 aromatic heterocycles. The van der Waals surface area contributed by atoms with Crippen LogP contribution in [0.3, 0.4) is 0 Å². The van der Waals surface area contributed by atoms with Crippen LogP contribution >= 0.6 is 15.9 Å². The summed E-state index contributed by atoms with van der Waals surface area (Å²) in [5.41, 5.74) is 2.16. The van der Waals surface area contributed by atoms with Crippen molar-refractivity contribution >= 4 is 15.9 Å². The number of hydrogen-bond donors (Lipinski definition) is 1. The molecule has 13 heavy (non-hydrogen) atoms. The fourth-order valence-electron chi connectivity index (χ4n) is 1.35. The standard InChI is InChI=1S/C11H15BrO/c1-4-8-5-6-9(7(2)3)10(12)11(8)13/h5-7,13H,4H2,1-3H3. The van der Waals surface area contributed by atoms with Gasteiger partial charge < -0.3 is 5.11 Å². The quantitative estimate of drug-likeness (QED) is 0.836. The van der Waals surface area contributed by atoms with Crippen LogP contribution in [0.25, 0.3) is 0 Å². The molecule has 72 valence electrons. The molecular formula is C11H15BrO. The molecule has 1 aromatic rings. The van der Waals surface area contributed by atoms with E-state index >= 15 is 0 Å². The normalized spacial score (nSPS) is 10.8. The van der Waals surface area contributed by atoms with Crippen LogP contribution in [0.2, 0.25) is 0 Å². The fourth-order valence-corrected chi connectivity index (χ4v) is 2.20. The highest BCUT2D eigenvalue weighted by molar-refractivity contribution is 9.10. The summed E-state index contributed by atoms with van der Waals surface area (Å²) in [7, 11) is 0. The van der Waals surface area contributed by atoms with Crippen LogP contribution in [0.5, 0.6) is 5.75 Å². The molecule has 0 aliphatic heterocycles. The van der Waals surface area contributed by atoms with Gasteiger partial charge >= 0.3 is 0 Å². The highest BCUT2D eigenvalue weighted by Crippen LogP contribution is 2.35. The van der Waals surface area contributed by atoms with Crippen LogP contribution in [0.4, 0.5) is 0 Å². The summed E-state index contributed by atoms with van der Waals surface area (Å²) < 4.78 is 0.849. The Kier molecular flexibility index (Phi) is 3.37. The van der Waals surface area contributed by atoms with Crippen molar-refractivity contribution in [2.45, 2.75) is 33.1 Å². The minimum atomic E-state index is 0.397. The van der Waals surface area contributed by atoms with Crippen molar-refractivity contribution in [2.75, 3.05) is 0 Å². The van der Waals surface area contributed by atoms with E-state index in [1.807, 2.05) is 13.0 Å². The zero-order valence-electron chi connectivity index (χ0n) is 8.26. The van der Waals surface area contributed by atoms with Crippen LogP contribution in [0, 0.1) is 0 Å². The second-order valence-electron chi connectivity index (χ2n) is 3.48. The lowest BCUT2D eigenvalue weighted by Crippen LogP contribution is -1.92. The van der Waals surface area contributed by atoms with Crippen molar-refractivity contribution in [3.63, 3.8) is 0 Å². The average molecular weight is 243 g/mol. The lowest BCUT2D eigenvalue weighted by molar-refractivity contribution is 0.464. The van der Waals surface area contributed by atoms with Gasteiger partial charge in [-0.05, 0) is 39.4 Å². The lowest BCUT2D eigenvalue weighted by atomic mass is 10.0. The molecule has 1 aromatic carbocycles. The molecule has 1 nitrogen and oxygen atoms in total. The molecule has 0 unspecified atom stereocenters. The van der Waals surface area contributed by atoms with Gasteiger partial charge in [0.25, 0.3) is 0 Å². The Morgan fingerprint density at radius 3 is 2.46 bits per heavy atom. The first-order valence-corrected chi connectivity index (χ1v) is 5.37. The Morgan fingerprint density at radius 2 is 2.00 bits per heavy atom. The maximum Gasteiger partial charge on any atom is 0.133 e. The van der Waals surface area contributed by atoms with Gasteiger partial charge in [0.2, 0.25) is 0 Å². The molecule has 0 spiro atoms. The minimum absolute atomic E-state index is 0.397. The first-order chi connectivity index (χ1) is 6.07. The van der Waals surface area contributed by atoms with Gasteiger partial charge in [-0.1, -0.05) is 32.9 Å². The summed E-state index contributed by atoms with van der Waals surface area (Å²) in [5.74, 6) is 0.833. The van der Waals surface area contributed by atoms with Crippen LogP contribution in [-0.4, -0.2) is 5.11 Å². The molecule has 2 heteroatoms. The second-order valence-corrected chi connectivity index (χ2v) is 4.28. The van der Waals surface area contributed by atoms with Crippen LogP contribution in [0.15, 0.2) is 16.6 Å². The summed E-state index contributed by atoms with van der Waals surface area (Å²) in [6.07, 6.45) is 0.864. The highest BCUT2D eigenvalue weighted by atomic mass is 79.9. The van der Waals surface area contributed by atoms with E-state index in [1.165, 1.54) is 0 Å². The molecule has 0 radical (unpaired) electrons. The summed E-state index contributed by atoms with van der Waals surface area (Å²) in [6, 6.07) is 4.07. The molecule has 0 fully saturated rings. The fraction of sp³-hybridized carbons (Fsp3) is 0.455. The maximum absolute atomic E-state index is 9.78. The third-order valence-corrected chi connectivity index (χ3v) is 3.07. The zero-order chi connectivity index (χ0) is 10.0. The van der Waals surface area contributed by atoms with Gasteiger partial charge in [0.05, 0.1) is 4.47 Å². The van der Waals surface area contributed by atoms with Gasteiger partial charge in [0.15, 0.2) is 0 Å². The Labute approximate surface area is 87.9 Å². The molecule has 0 heterocycles. The Morgan fingerprint density at radius 1 is 1.38 bits per heavy atom. The van der Waals surface area contributed by atoms with E-state index in [2.05, 4.69) is 35.8 Å². The number of phenols is 1. The molecule has 0 aliphatic carbocycles. The van der Waals surface area contributed by atoms with E-state index < -0.39 is 0 Å². The summed E-state index contributed by atoms with van der Waals surface area (Å²) in [6.45, 7) is 6.27. The van der Waals surface area contributed by atoms with Gasteiger partial charge in [-0.15, -0.1) is 0 Å². The zero-order valence-corrected chi connectivity index (χ0v) is 9.85. The van der Waals surface area contributed by atoms with Crippen molar-refractivity contribution in [1.82, 2.24) is 0 Å². The first-order valence-electron chi connectivity index (χ1n) is 4.58. The van der Waals surface area contributed by atoms with Crippen molar-refractivity contribution in [1.29, 1.82) is 0 Å². The van der Waals surface area contributed by atoms with E-state index in [4.69, 9.17) is 0 Å². The van der Waals surface area contributed by atoms with Crippen molar-refractivity contribution in [3.05, 3.63) is 27.7 Å². The van der Waals surface area contributed by atoms with Crippen LogP contribution in [-0.2, 0) is 6.42 Å². The Hall–Kier alpha value is -0.500. The summed E-state index contributed by atoms with van der Waals surface area (Å²) >= 11 is 3.42. The third-order valence-electron chi connectivity index (χ3n) is 2.23. The molecule has 0 atom stereocenters. The number of benzene rings is 1. The second kappa shape index (κ2) is 4.14. The van der Waals surface area contributed by atoms with E-state index in [1.54, 1.807) is 0 Å². The summed E-state index contributed by atoms with van der Waals surface area (Å²) in [5, 5.41) is 9.78. The molecule has 1 N–H and O–H groups in total. The molecule has 0 aliphatic rings. The number of rotatable bonds is 2. The van der Waals surface area contributed by atoms with Gasteiger partial charge in [-0.25, -0.2) is 0 Å². The maximum atomic E-state index is 9.78. The third kappa shape index (κ3) is 2.05. The van der Waals surface area contributed by atoms with Crippen molar-refractivity contribution in [2.24, 2.45) is 0 Å². The highest BCUT2D eigenvalue weighted by Gasteiger charge is 2.10. The van der Waals surface area contributed by atoms with Crippen molar-refractivity contribution in [3.8, 4) is 5.75 Å². The summed E-state index contributed by atoms with van der Waals surface area (Å²) in [4.78, 5) is 0. The van der Waals surface area contributed by atoms with Crippen molar-refractivity contribution < 1.29 is 5.11 Å². The number of aromatic hydroxyl groups is 1. The number of aryl methyl sites for hydroxylation is 1. The average Bonchev–Trinajstić information content (AvgIpc) is 2.09. The molecular weight excluding hydrogens is 228 g/mol. The number of halogens is 1. The molecule has 0 amide bonds. The Balaban J connectivity index is 3.23. The smallest absolute Gasteiger partial charge is 0.133 e. The van der Waals surface area contributed by atoms with Crippen LogP contribution in [0.1, 0.15) is 37.8 Å².